The van der Waals surface area contributed by atoms with E-state index in [2.05, 4.69) is 6.92 Å². The van der Waals surface area contributed by atoms with Crippen LogP contribution in [-0.4, -0.2) is 13.1 Å². The van der Waals surface area contributed by atoms with Crippen molar-refractivity contribution in [2.75, 3.05) is 18.0 Å². The average molecular weight is 281 g/mol. The summed E-state index contributed by atoms with van der Waals surface area (Å²) in [6.45, 7) is 3.77. The topological polar surface area (TPSA) is 3.24 Å². The van der Waals surface area contributed by atoms with Gasteiger partial charge in [0.05, 0.1) is 5.56 Å². The zero-order valence-corrected chi connectivity index (χ0v) is 11.6. The average Bonchev–Trinajstić information content (AvgIpc) is 2.44. The van der Waals surface area contributed by atoms with Crippen molar-refractivity contribution in [2.24, 2.45) is 5.92 Å². The first-order valence-electron chi connectivity index (χ1n) is 7.01. The van der Waals surface area contributed by atoms with Gasteiger partial charge in [-0.3, -0.25) is 0 Å². The van der Waals surface area contributed by atoms with Crippen molar-refractivity contribution >= 4 is 5.69 Å². The molecule has 0 atom stereocenters. The highest BCUT2D eigenvalue weighted by Crippen LogP contribution is 2.28. The van der Waals surface area contributed by atoms with Gasteiger partial charge in [0.25, 0.3) is 0 Å². The van der Waals surface area contributed by atoms with Crippen LogP contribution in [0, 0.1) is 29.6 Å². The third kappa shape index (κ3) is 3.27. The van der Waals surface area contributed by atoms with Crippen LogP contribution in [0.5, 0.6) is 0 Å². The van der Waals surface area contributed by atoms with E-state index in [-0.39, 0.29) is 0 Å². The van der Waals surface area contributed by atoms with Crippen molar-refractivity contribution in [1.29, 1.82) is 0 Å². The zero-order valence-electron chi connectivity index (χ0n) is 11.6. The van der Waals surface area contributed by atoms with E-state index in [0.717, 1.165) is 32.1 Å². The standard InChI is InChI=1S/C16H18F3N/c1-2-3-12-5-8-20(9-6-12)13-10-15(18)14(4-7-17)16(19)11-13/h10-12H,2-3,5-6,8-9H2,1H3. The van der Waals surface area contributed by atoms with Gasteiger partial charge in [-0.2, -0.15) is 0 Å². The molecule has 1 aliphatic rings. The second-order valence-corrected chi connectivity index (χ2v) is 5.22. The molecule has 1 fully saturated rings. The number of hydrogen-bond donors (Lipinski definition) is 0. The first-order chi connectivity index (χ1) is 9.65. The molecule has 1 aromatic carbocycles. The number of rotatable bonds is 3. The van der Waals surface area contributed by atoms with E-state index >= 15 is 0 Å². The molecule has 1 aliphatic heterocycles. The Morgan fingerprint density at radius 3 is 2.30 bits per heavy atom. The van der Waals surface area contributed by atoms with Gasteiger partial charge in [0.2, 0.25) is 0 Å². The Morgan fingerprint density at radius 2 is 1.80 bits per heavy atom. The van der Waals surface area contributed by atoms with Gasteiger partial charge in [-0.05, 0) is 36.8 Å². The van der Waals surface area contributed by atoms with Crippen LogP contribution in [0.2, 0.25) is 0 Å². The predicted molar refractivity (Wildman–Crippen MR) is 74.2 cm³/mol. The molecule has 2 rings (SSSR count). The Hall–Kier alpha value is -1.63. The first-order valence-corrected chi connectivity index (χ1v) is 7.01. The summed E-state index contributed by atoms with van der Waals surface area (Å²) < 4.78 is 39.3. The van der Waals surface area contributed by atoms with Gasteiger partial charge < -0.3 is 4.90 Å². The summed E-state index contributed by atoms with van der Waals surface area (Å²) in [5.41, 5.74) is 0.0106. The first kappa shape index (κ1) is 14.8. The minimum atomic E-state index is -0.805. The van der Waals surface area contributed by atoms with Crippen LogP contribution in [0.25, 0.3) is 0 Å². The highest BCUT2D eigenvalue weighted by molar-refractivity contribution is 5.52. The highest BCUT2D eigenvalue weighted by Gasteiger charge is 2.20. The SMILES string of the molecule is CCCC1CCN(c2cc(F)c(C#CF)c(F)c2)CC1. The highest BCUT2D eigenvalue weighted by atomic mass is 19.1. The minimum Gasteiger partial charge on any atom is -0.371 e. The number of anilines is 1. The zero-order chi connectivity index (χ0) is 14.5. The van der Waals surface area contributed by atoms with Gasteiger partial charge in [-0.1, -0.05) is 19.8 Å². The molecule has 0 spiro atoms. The molecule has 0 bridgehead atoms. The quantitative estimate of drug-likeness (QED) is 0.748. The summed E-state index contributed by atoms with van der Waals surface area (Å²) >= 11 is 0. The fourth-order valence-corrected chi connectivity index (χ4v) is 2.80. The molecular formula is C16H18F3N. The largest absolute Gasteiger partial charge is 0.371 e. The van der Waals surface area contributed by atoms with Crippen molar-refractivity contribution in [3.63, 3.8) is 0 Å². The molecule has 0 radical (unpaired) electrons. The van der Waals surface area contributed by atoms with E-state index in [4.69, 9.17) is 0 Å². The van der Waals surface area contributed by atoms with E-state index in [0.29, 0.717) is 11.6 Å². The Balaban J connectivity index is 2.12. The molecular weight excluding hydrogens is 263 g/mol. The number of halogens is 3. The van der Waals surface area contributed by atoms with Gasteiger partial charge in [0.1, 0.15) is 17.8 Å². The number of benzene rings is 1. The van der Waals surface area contributed by atoms with Gasteiger partial charge in [-0.15, -0.1) is 4.39 Å². The Bertz CT molecular complexity index is 499. The van der Waals surface area contributed by atoms with Gasteiger partial charge in [-0.25, -0.2) is 8.78 Å². The monoisotopic (exact) mass is 281 g/mol. The number of hydrogen-bond acceptors (Lipinski definition) is 1. The third-order valence-electron chi connectivity index (χ3n) is 3.88. The van der Waals surface area contributed by atoms with E-state index < -0.39 is 17.2 Å². The van der Waals surface area contributed by atoms with E-state index in [1.807, 2.05) is 10.8 Å². The van der Waals surface area contributed by atoms with Crippen LogP contribution < -0.4 is 4.90 Å². The molecule has 0 aliphatic carbocycles. The van der Waals surface area contributed by atoms with Crippen molar-refractivity contribution in [3.8, 4) is 12.1 Å². The van der Waals surface area contributed by atoms with Gasteiger partial charge >= 0.3 is 0 Å². The van der Waals surface area contributed by atoms with Crippen LogP contribution in [0.4, 0.5) is 18.9 Å². The molecule has 20 heavy (non-hydrogen) atoms. The summed E-state index contributed by atoms with van der Waals surface area (Å²) in [5.74, 6) is 0.914. The summed E-state index contributed by atoms with van der Waals surface area (Å²) in [6, 6.07) is 2.48. The number of piperidine rings is 1. The summed E-state index contributed by atoms with van der Waals surface area (Å²) in [5, 5.41) is 0. The molecule has 1 saturated heterocycles. The lowest BCUT2D eigenvalue weighted by molar-refractivity contribution is 0.378. The molecule has 1 heterocycles. The molecule has 0 amide bonds. The molecule has 4 heteroatoms. The fraction of sp³-hybridized carbons (Fsp3) is 0.500. The Labute approximate surface area is 117 Å². The van der Waals surface area contributed by atoms with E-state index in [1.165, 1.54) is 25.0 Å². The normalized spacial score (nSPS) is 15.9. The van der Waals surface area contributed by atoms with Crippen LogP contribution in [0.3, 0.4) is 0 Å². The van der Waals surface area contributed by atoms with Crippen molar-refractivity contribution in [3.05, 3.63) is 29.3 Å². The van der Waals surface area contributed by atoms with Crippen molar-refractivity contribution < 1.29 is 13.2 Å². The van der Waals surface area contributed by atoms with Crippen LogP contribution in [0.1, 0.15) is 38.2 Å². The second-order valence-electron chi connectivity index (χ2n) is 5.22. The maximum Gasteiger partial charge on any atom is 0.143 e. The van der Waals surface area contributed by atoms with E-state index in [1.54, 1.807) is 0 Å². The Kier molecular flexibility index (Phi) is 4.94. The van der Waals surface area contributed by atoms with Gasteiger partial charge in [0, 0.05) is 18.8 Å². The lowest BCUT2D eigenvalue weighted by atomic mass is 9.92. The predicted octanol–water partition coefficient (Wildman–Crippen LogP) is 4.26. The lowest BCUT2D eigenvalue weighted by Gasteiger charge is -2.33. The lowest BCUT2D eigenvalue weighted by Crippen LogP contribution is -2.33. The molecule has 1 nitrogen and oxygen atoms in total. The van der Waals surface area contributed by atoms with E-state index in [9.17, 15) is 13.2 Å². The fourth-order valence-electron chi connectivity index (χ4n) is 2.80. The molecule has 1 aromatic rings. The molecule has 0 saturated carbocycles. The molecule has 0 aromatic heterocycles. The molecule has 0 unspecified atom stereocenters. The van der Waals surface area contributed by atoms with Gasteiger partial charge in [0.15, 0.2) is 0 Å². The summed E-state index contributed by atoms with van der Waals surface area (Å²) in [4.78, 5) is 1.98. The van der Waals surface area contributed by atoms with Crippen molar-refractivity contribution in [1.82, 2.24) is 0 Å². The summed E-state index contributed by atoms with van der Waals surface area (Å²) in [6.07, 6.45) is 5.51. The number of nitrogens with zero attached hydrogens (tertiary/aromatic N) is 1. The smallest absolute Gasteiger partial charge is 0.143 e. The third-order valence-corrected chi connectivity index (χ3v) is 3.88. The Morgan fingerprint density at radius 1 is 1.20 bits per heavy atom. The maximum absolute atomic E-state index is 13.7. The van der Waals surface area contributed by atoms with Crippen LogP contribution in [0.15, 0.2) is 12.1 Å². The maximum atomic E-state index is 13.7. The summed E-state index contributed by atoms with van der Waals surface area (Å²) in [7, 11) is 0. The van der Waals surface area contributed by atoms with Crippen LogP contribution >= 0.6 is 0 Å². The molecule has 108 valence electrons. The van der Waals surface area contributed by atoms with Crippen molar-refractivity contribution in [2.45, 2.75) is 32.6 Å². The minimum absolute atomic E-state index is 0.503. The van der Waals surface area contributed by atoms with Crippen LogP contribution in [-0.2, 0) is 0 Å². The molecule has 0 N–H and O–H groups in total. The second kappa shape index (κ2) is 6.69.